The third kappa shape index (κ3) is 2.03. The molecule has 2 aliphatic rings. The second kappa shape index (κ2) is 4.80. The van der Waals surface area contributed by atoms with Crippen LogP contribution < -0.4 is 10.2 Å². The molecule has 1 unspecified atom stereocenters. The van der Waals surface area contributed by atoms with Crippen molar-refractivity contribution < 1.29 is 4.79 Å². The fraction of sp³-hybridized carbons (Fsp3) is 0.333. The van der Waals surface area contributed by atoms with E-state index >= 15 is 0 Å². The summed E-state index contributed by atoms with van der Waals surface area (Å²) < 4.78 is 0. The van der Waals surface area contributed by atoms with Crippen molar-refractivity contribution in [2.75, 3.05) is 11.4 Å². The van der Waals surface area contributed by atoms with Crippen molar-refractivity contribution in [2.45, 2.75) is 25.4 Å². The highest BCUT2D eigenvalue weighted by Gasteiger charge is 2.30. The Labute approximate surface area is 122 Å². The van der Waals surface area contributed by atoms with Crippen LogP contribution in [0.1, 0.15) is 40.6 Å². The molecular weight excluding hydrogens is 266 g/mol. The van der Waals surface area contributed by atoms with Gasteiger partial charge in [-0.15, -0.1) is 0 Å². The first-order valence-corrected chi connectivity index (χ1v) is 7.14. The van der Waals surface area contributed by atoms with Crippen molar-refractivity contribution in [1.82, 2.24) is 20.3 Å². The maximum atomic E-state index is 11.6. The van der Waals surface area contributed by atoms with Crippen LogP contribution in [-0.4, -0.2) is 27.4 Å². The van der Waals surface area contributed by atoms with Crippen molar-refractivity contribution in [1.29, 1.82) is 0 Å². The van der Waals surface area contributed by atoms with Crippen molar-refractivity contribution >= 4 is 11.9 Å². The van der Waals surface area contributed by atoms with Crippen molar-refractivity contribution in [3.05, 3.63) is 47.5 Å². The maximum absolute atomic E-state index is 11.6. The largest absolute Gasteiger partial charge is 0.346 e. The quantitative estimate of drug-likeness (QED) is 0.902. The highest BCUT2D eigenvalue weighted by Crippen LogP contribution is 2.33. The molecule has 0 aromatic carbocycles. The van der Waals surface area contributed by atoms with Gasteiger partial charge in [0.15, 0.2) is 0 Å². The number of hydrogen-bond acceptors (Lipinski definition) is 5. The first-order valence-electron chi connectivity index (χ1n) is 7.14. The molecule has 1 amide bonds. The van der Waals surface area contributed by atoms with Crippen LogP contribution >= 0.6 is 0 Å². The normalized spacial score (nSPS) is 20.5. The summed E-state index contributed by atoms with van der Waals surface area (Å²) in [5.74, 6) is 0.718. The minimum atomic E-state index is -0.0290. The van der Waals surface area contributed by atoms with Gasteiger partial charge in [0.05, 0.1) is 29.5 Å². The molecule has 2 aromatic heterocycles. The zero-order valence-corrected chi connectivity index (χ0v) is 11.5. The van der Waals surface area contributed by atoms with Gasteiger partial charge in [-0.3, -0.25) is 9.78 Å². The standard InChI is InChI=1S/C15H15N5O/c21-14-10-4-5-11(19-12(10)9-18-14)13-3-1-8-20(13)15-16-6-2-7-17-15/h2,4-7,13H,1,3,8-9H2,(H,18,21). The van der Waals surface area contributed by atoms with E-state index < -0.39 is 0 Å². The Morgan fingerprint density at radius 2 is 2.10 bits per heavy atom. The summed E-state index contributed by atoms with van der Waals surface area (Å²) in [5, 5.41) is 2.81. The minimum Gasteiger partial charge on any atom is -0.346 e. The van der Waals surface area contributed by atoms with Gasteiger partial charge >= 0.3 is 0 Å². The molecule has 0 aliphatic carbocycles. The average Bonchev–Trinajstić information content (AvgIpc) is 3.15. The van der Waals surface area contributed by atoms with Crippen molar-refractivity contribution in [2.24, 2.45) is 0 Å². The molecular formula is C15H15N5O. The monoisotopic (exact) mass is 281 g/mol. The van der Waals surface area contributed by atoms with E-state index in [9.17, 15) is 4.79 Å². The van der Waals surface area contributed by atoms with Gasteiger partial charge < -0.3 is 10.2 Å². The topological polar surface area (TPSA) is 71.0 Å². The van der Waals surface area contributed by atoms with Crippen molar-refractivity contribution in [3.8, 4) is 0 Å². The molecule has 1 N–H and O–H groups in total. The molecule has 1 atom stereocenters. The van der Waals surface area contributed by atoms with Crippen LogP contribution in [0.5, 0.6) is 0 Å². The molecule has 2 aliphatic heterocycles. The number of amides is 1. The summed E-state index contributed by atoms with van der Waals surface area (Å²) in [6, 6.07) is 5.84. The number of aromatic nitrogens is 3. The number of carbonyl (C=O) groups excluding carboxylic acids is 1. The van der Waals surface area contributed by atoms with E-state index in [-0.39, 0.29) is 11.9 Å². The Bertz CT molecular complexity index is 688. The molecule has 0 radical (unpaired) electrons. The van der Waals surface area contributed by atoms with Gasteiger partial charge in [0, 0.05) is 18.9 Å². The molecule has 106 valence electrons. The zero-order valence-electron chi connectivity index (χ0n) is 11.5. The van der Waals surface area contributed by atoms with E-state index in [2.05, 4.69) is 25.2 Å². The Hall–Kier alpha value is -2.50. The van der Waals surface area contributed by atoms with Gasteiger partial charge in [-0.1, -0.05) is 0 Å². The zero-order chi connectivity index (χ0) is 14.2. The van der Waals surface area contributed by atoms with E-state index in [0.29, 0.717) is 12.1 Å². The average molecular weight is 281 g/mol. The molecule has 1 fully saturated rings. The summed E-state index contributed by atoms with van der Waals surface area (Å²) in [4.78, 5) is 27.2. The van der Waals surface area contributed by atoms with E-state index in [1.54, 1.807) is 12.4 Å². The van der Waals surface area contributed by atoms with E-state index in [4.69, 9.17) is 0 Å². The molecule has 2 aromatic rings. The predicted molar refractivity (Wildman–Crippen MR) is 76.8 cm³/mol. The summed E-state index contributed by atoms with van der Waals surface area (Å²) in [7, 11) is 0. The van der Waals surface area contributed by atoms with Crippen LogP contribution in [0.3, 0.4) is 0 Å². The highest BCUT2D eigenvalue weighted by atomic mass is 16.1. The number of carbonyl (C=O) groups is 1. The fourth-order valence-electron chi connectivity index (χ4n) is 3.06. The van der Waals surface area contributed by atoms with Crippen LogP contribution in [0.2, 0.25) is 0 Å². The van der Waals surface area contributed by atoms with Gasteiger partial charge in [-0.05, 0) is 31.0 Å². The Kier molecular flexibility index (Phi) is 2.80. The van der Waals surface area contributed by atoms with Crippen molar-refractivity contribution in [3.63, 3.8) is 0 Å². The molecule has 1 saturated heterocycles. The minimum absolute atomic E-state index is 0.0290. The number of rotatable bonds is 2. The van der Waals surface area contributed by atoms with Crippen LogP contribution in [0.4, 0.5) is 5.95 Å². The summed E-state index contributed by atoms with van der Waals surface area (Å²) >= 11 is 0. The van der Waals surface area contributed by atoms with Crippen LogP contribution in [0.15, 0.2) is 30.6 Å². The number of anilines is 1. The molecule has 0 spiro atoms. The lowest BCUT2D eigenvalue weighted by atomic mass is 10.1. The number of nitrogens with zero attached hydrogens (tertiary/aromatic N) is 4. The SMILES string of the molecule is O=C1NCc2nc(C3CCCN3c3ncccn3)ccc21. The molecule has 0 saturated carbocycles. The number of nitrogens with one attached hydrogen (secondary N) is 1. The predicted octanol–water partition coefficient (Wildman–Crippen LogP) is 1.46. The second-order valence-corrected chi connectivity index (χ2v) is 5.31. The maximum Gasteiger partial charge on any atom is 0.253 e. The highest BCUT2D eigenvalue weighted by molar-refractivity contribution is 5.97. The van der Waals surface area contributed by atoms with Gasteiger partial charge in [-0.2, -0.15) is 0 Å². The van der Waals surface area contributed by atoms with Gasteiger partial charge in [0.1, 0.15) is 0 Å². The lowest BCUT2D eigenvalue weighted by molar-refractivity contribution is 0.0966. The van der Waals surface area contributed by atoms with Gasteiger partial charge in [-0.25, -0.2) is 9.97 Å². The lowest BCUT2D eigenvalue weighted by Crippen LogP contribution is -2.25. The smallest absolute Gasteiger partial charge is 0.253 e. The van der Waals surface area contributed by atoms with E-state index in [1.807, 2.05) is 18.2 Å². The second-order valence-electron chi connectivity index (χ2n) is 5.31. The number of pyridine rings is 1. The van der Waals surface area contributed by atoms with Crippen LogP contribution in [-0.2, 0) is 6.54 Å². The fourth-order valence-corrected chi connectivity index (χ4v) is 3.06. The molecule has 4 rings (SSSR count). The Balaban J connectivity index is 1.68. The third-order valence-electron chi connectivity index (χ3n) is 4.06. The number of fused-ring (bicyclic) bond motifs is 1. The molecule has 6 heteroatoms. The Morgan fingerprint density at radius 1 is 1.24 bits per heavy atom. The first-order chi connectivity index (χ1) is 10.3. The molecule has 21 heavy (non-hydrogen) atoms. The summed E-state index contributed by atoms with van der Waals surface area (Å²) in [6.45, 7) is 1.46. The van der Waals surface area contributed by atoms with Gasteiger partial charge in [0.2, 0.25) is 5.95 Å². The third-order valence-corrected chi connectivity index (χ3v) is 4.06. The molecule has 6 nitrogen and oxygen atoms in total. The van der Waals surface area contributed by atoms with Crippen LogP contribution in [0.25, 0.3) is 0 Å². The first kappa shape index (κ1) is 12.3. The van der Waals surface area contributed by atoms with Gasteiger partial charge in [0.25, 0.3) is 5.91 Å². The van der Waals surface area contributed by atoms with E-state index in [0.717, 1.165) is 36.7 Å². The summed E-state index contributed by atoms with van der Waals surface area (Å²) in [5.41, 5.74) is 2.53. The molecule has 4 heterocycles. The van der Waals surface area contributed by atoms with E-state index in [1.165, 1.54) is 0 Å². The Morgan fingerprint density at radius 3 is 2.95 bits per heavy atom. The summed E-state index contributed by atoms with van der Waals surface area (Å²) in [6.07, 6.45) is 5.65. The van der Waals surface area contributed by atoms with Crippen LogP contribution in [0, 0.1) is 0 Å². The number of hydrogen-bond donors (Lipinski definition) is 1. The molecule has 0 bridgehead atoms. The lowest BCUT2D eigenvalue weighted by Gasteiger charge is -2.24.